The van der Waals surface area contributed by atoms with Crippen LogP contribution in [0.3, 0.4) is 0 Å². The molecule has 2 amide bonds. The molecule has 0 aliphatic carbocycles. The molecule has 2 heterocycles. The number of ether oxygens (including phenoxy) is 2. The highest BCUT2D eigenvalue weighted by Gasteiger charge is 2.24. The summed E-state index contributed by atoms with van der Waals surface area (Å²) in [6, 6.07) is 8.67. The van der Waals surface area contributed by atoms with E-state index in [1.807, 2.05) is 18.2 Å². The Hall–Kier alpha value is -3.03. The van der Waals surface area contributed by atoms with Crippen molar-refractivity contribution >= 4 is 17.4 Å². The fourth-order valence-corrected chi connectivity index (χ4v) is 3.05. The molecule has 136 valence electrons. The SMILES string of the molecule is O=C(Nc1c(F)cccc1F)N1CCN(c2ccc3c(c2)OCO3)CC1. The molecule has 6 nitrogen and oxygen atoms in total. The van der Waals surface area contributed by atoms with Gasteiger partial charge in [-0.2, -0.15) is 0 Å². The first-order valence-electron chi connectivity index (χ1n) is 8.26. The van der Waals surface area contributed by atoms with Gasteiger partial charge in [-0.05, 0) is 24.3 Å². The molecule has 2 aromatic rings. The van der Waals surface area contributed by atoms with Crippen LogP contribution >= 0.6 is 0 Å². The molecule has 0 saturated carbocycles. The summed E-state index contributed by atoms with van der Waals surface area (Å²) in [7, 11) is 0. The number of benzene rings is 2. The van der Waals surface area contributed by atoms with Crippen LogP contribution < -0.4 is 19.7 Å². The molecule has 1 saturated heterocycles. The minimum atomic E-state index is -0.794. The maximum Gasteiger partial charge on any atom is 0.322 e. The molecule has 2 aromatic carbocycles. The van der Waals surface area contributed by atoms with Gasteiger partial charge in [0.2, 0.25) is 6.79 Å². The predicted molar refractivity (Wildman–Crippen MR) is 91.7 cm³/mol. The summed E-state index contributed by atoms with van der Waals surface area (Å²) in [5.41, 5.74) is 0.560. The van der Waals surface area contributed by atoms with Gasteiger partial charge < -0.3 is 24.6 Å². The summed E-state index contributed by atoms with van der Waals surface area (Å²) in [5, 5.41) is 2.32. The normalized spacial score (nSPS) is 15.9. The number of urea groups is 1. The second-order valence-electron chi connectivity index (χ2n) is 6.04. The van der Waals surface area contributed by atoms with Gasteiger partial charge in [0.25, 0.3) is 0 Å². The van der Waals surface area contributed by atoms with E-state index in [1.165, 1.54) is 11.0 Å². The third-order valence-corrected chi connectivity index (χ3v) is 4.48. The van der Waals surface area contributed by atoms with Gasteiger partial charge in [-0.25, -0.2) is 13.6 Å². The quantitative estimate of drug-likeness (QED) is 0.893. The third kappa shape index (κ3) is 3.10. The first kappa shape index (κ1) is 16.4. The Bertz CT molecular complexity index is 818. The molecule has 26 heavy (non-hydrogen) atoms. The van der Waals surface area contributed by atoms with Crippen LogP contribution in [0.15, 0.2) is 36.4 Å². The Kier molecular flexibility index (Phi) is 4.24. The molecule has 0 atom stereocenters. The lowest BCUT2D eigenvalue weighted by Gasteiger charge is -2.36. The Morgan fingerprint density at radius 3 is 2.38 bits per heavy atom. The van der Waals surface area contributed by atoms with E-state index in [2.05, 4.69) is 10.2 Å². The summed E-state index contributed by atoms with van der Waals surface area (Å²) in [6.45, 7) is 2.31. The molecule has 0 aromatic heterocycles. The zero-order chi connectivity index (χ0) is 18.1. The first-order valence-corrected chi connectivity index (χ1v) is 8.26. The maximum absolute atomic E-state index is 13.7. The Labute approximate surface area is 148 Å². The number of para-hydroxylation sites is 1. The van der Waals surface area contributed by atoms with E-state index in [9.17, 15) is 13.6 Å². The van der Waals surface area contributed by atoms with Crippen LogP contribution in [0.25, 0.3) is 0 Å². The summed E-state index contributed by atoms with van der Waals surface area (Å²) in [6.07, 6.45) is 0. The van der Waals surface area contributed by atoms with Gasteiger partial charge >= 0.3 is 6.03 Å². The molecule has 0 unspecified atom stereocenters. The summed E-state index contributed by atoms with van der Waals surface area (Å²) >= 11 is 0. The minimum Gasteiger partial charge on any atom is -0.454 e. The lowest BCUT2D eigenvalue weighted by molar-refractivity contribution is 0.174. The first-order chi connectivity index (χ1) is 12.6. The molecule has 2 aliphatic heterocycles. The summed E-state index contributed by atoms with van der Waals surface area (Å²) < 4.78 is 38.0. The second kappa shape index (κ2) is 6.70. The van der Waals surface area contributed by atoms with E-state index in [1.54, 1.807) is 0 Å². The number of nitrogens with zero attached hydrogens (tertiary/aromatic N) is 2. The Balaban J connectivity index is 1.38. The van der Waals surface area contributed by atoms with E-state index < -0.39 is 23.4 Å². The van der Waals surface area contributed by atoms with Gasteiger partial charge in [0, 0.05) is 37.9 Å². The molecular formula is C18H17F2N3O3. The van der Waals surface area contributed by atoms with Gasteiger partial charge in [-0.15, -0.1) is 0 Å². The number of amides is 2. The molecule has 1 fully saturated rings. The number of fused-ring (bicyclic) bond motifs is 1. The number of anilines is 2. The highest BCUT2D eigenvalue weighted by molar-refractivity contribution is 5.89. The largest absolute Gasteiger partial charge is 0.454 e. The van der Waals surface area contributed by atoms with Crippen molar-refractivity contribution in [1.29, 1.82) is 0 Å². The van der Waals surface area contributed by atoms with E-state index in [-0.39, 0.29) is 6.79 Å². The van der Waals surface area contributed by atoms with E-state index in [0.29, 0.717) is 31.9 Å². The van der Waals surface area contributed by atoms with Gasteiger partial charge in [-0.3, -0.25) is 0 Å². The van der Waals surface area contributed by atoms with Crippen molar-refractivity contribution in [3.63, 3.8) is 0 Å². The number of piperazine rings is 1. The van der Waals surface area contributed by atoms with Gasteiger partial charge in [0.1, 0.15) is 17.3 Å². The van der Waals surface area contributed by atoms with Gasteiger partial charge in [0.15, 0.2) is 11.5 Å². The lowest BCUT2D eigenvalue weighted by atomic mass is 10.2. The minimum absolute atomic E-state index is 0.222. The molecule has 4 rings (SSSR count). The highest BCUT2D eigenvalue weighted by atomic mass is 19.1. The van der Waals surface area contributed by atoms with Crippen molar-refractivity contribution in [3.05, 3.63) is 48.0 Å². The standard InChI is InChI=1S/C18H17F2N3O3/c19-13-2-1-3-14(20)17(13)21-18(24)23-8-6-22(7-9-23)12-4-5-15-16(10-12)26-11-25-15/h1-5,10H,6-9,11H2,(H,21,24). The zero-order valence-corrected chi connectivity index (χ0v) is 13.9. The third-order valence-electron chi connectivity index (χ3n) is 4.48. The van der Waals surface area contributed by atoms with Crippen molar-refractivity contribution < 1.29 is 23.0 Å². The molecule has 0 spiro atoms. The van der Waals surface area contributed by atoms with Crippen molar-refractivity contribution in [1.82, 2.24) is 4.90 Å². The van der Waals surface area contributed by atoms with Crippen LogP contribution in [0.4, 0.5) is 25.0 Å². The molecule has 8 heteroatoms. The number of hydrogen-bond acceptors (Lipinski definition) is 4. The van der Waals surface area contributed by atoms with Gasteiger partial charge in [-0.1, -0.05) is 6.07 Å². The molecular weight excluding hydrogens is 344 g/mol. The Morgan fingerprint density at radius 2 is 1.65 bits per heavy atom. The number of hydrogen-bond donors (Lipinski definition) is 1. The number of carbonyl (C=O) groups excluding carboxylic acids is 1. The van der Waals surface area contributed by atoms with Crippen molar-refractivity contribution in [3.8, 4) is 11.5 Å². The van der Waals surface area contributed by atoms with Crippen LogP contribution in [0.5, 0.6) is 11.5 Å². The smallest absolute Gasteiger partial charge is 0.322 e. The van der Waals surface area contributed by atoms with Crippen LogP contribution in [0.2, 0.25) is 0 Å². The van der Waals surface area contributed by atoms with Crippen LogP contribution in [-0.4, -0.2) is 43.9 Å². The lowest BCUT2D eigenvalue weighted by Crippen LogP contribution is -2.50. The van der Waals surface area contributed by atoms with Gasteiger partial charge in [0.05, 0.1) is 0 Å². The van der Waals surface area contributed by atoms with Crippen molar-refractivity contribution in [2.75, 3.05) is 43.2 Å². The fourth-order valence-electron chi connectivity index (χ4n) is 3.05. The average Bonchev–Trinajstić information content (AvgIpc) is 3.12. The summed E-state index contributed by atoms with van der Waals surface area (Å²) in [4.78, 5) is 16.0. The Morgan fingerprint density at radius 1 is 0.962 bits per heavy atom. The number of nitrogens with one attached hydrogen (secondary N) is 1. The number of carbonyl (C=O) groups is 1. The molecule has 2 aliphatic rings. The van der Waals surface area contributed by atoms with Crippen molar-refractivity contribution in [2.24, 2.45) is 0 Å². The number of halogens is 2. The molecule has 0 radical (unpaired) electrons. The average molecular weight is 361 g/mol. The van der Waals surface area contributed by atoms with Crippen molar-refractivity contribution in [2.45, 2.75) is 0 Å². The topological polar surface area (TPSA) is 54.0 Å². The molecule has 0 bridgehead atoms. The fraction of sp³-hybridized carbons (Fsp3) is 0.278. The maximum atomic E-state index is 13.7. The second-order valence-corrected chi connectivity index (χ2v) is 6.04. The number of rotatable bonds is 2. The van der Waals surface area contributed by atoms with E-state index in [4.69, 9.17) is 9.47 Å². The van der Waals surface area contributed by atoms with E-state index in [0.717, 1.165) is 23.6 Å². The van der Waals surface area contributed by atoms with Crippen LogP contribution in [0.1, 0.15) is 0 Å². The van der Waals surface area contributed by atoms with Crippen LogP contribution in [0, 0.1) is 11.6 Å². The monoisotopic (exact) mass is 361 g/mol. The zero-order valence-electron chi connectivity index (χ0n) is 13.9. The summed E-state index contributed by atoms with van der Waals surface area (Å²) in [5.74, 6) is -0.161. The van der Waals surface area contributed by atoms with E-state index >= 15 is 0 Å². The predicted octanol–water partition coefficient (Wildman–Crippen LogP) is 3.05. The van der Waals surface area contributed by atoms with Crippen LogP contribution in [-0.2, 0) is 0 Å². The highest BCUT2D eigenvalue weighted by Crippen LogP contribution is 2.35. The molecule has 1 N–H and O–H groups in total.